The summed E-state index contributed by atoms with van der Waals surface area (Å²) in [4.78, 5) is 21.8. The van der Waals surface area contributed by atoms with Crippen LogP contribution in [0.25, 0.3) is 22.4 Å². The fourth-order valence-corrected chi connectivity index (χ4v) is 4.75. The van der Waals surface area contributed by atoms with Gasteiger partial charge in [-0.25, -0.2) is 9.37 Å². The molecular formula is C23H24ClFN4O. The van der Waals surface area contributed by atoms with Gasteiger partial charge < -0.3 is 15.6 Å². The Morgan fingerprint density at radius 3 is 2.83 bits per heavy atom. The van der Waals surface area contributed by atoms with E-state index in [1.807, 2.05) is 6.07 Å². The summed E-state index contributed by atoms with van der Waals surface area (Å²) < 4.78 is 15.1. The Balaban J connectivity index is 1.43. The Labute approximate surface area is 179 Å². The number of amides is 1. The van der Waals surface area contributed by atoms with Crippen molar-refractivity contribution in [3.63, 3.8) is 0 Å². The first-order valence-electron chi connectivity index (χ1n) is 10.5. The van der Waals surface area contributed by atoms with Gasteiger partial charge in [-0.3, -0.25) is 4.79 Å². The van der Waals surface area contributed by atoms with Crippen LogP contribution in [0.1, 0.15) is 47.5 Å². The molecule has 2 aromatic carbocycles. The minimum Gasteiger partial charge on any atom is -0.366 e. The van der Waals surface area contributed by atoms with E-state index in [0.29, 0.717) is 33.4 Å². The van der Waals surface area contributed by atoms with Crippen LogP contribution in [0.4, 0.5) is 4.39 Å². The quantitative estimate of drug-likeness (QED) is 0.620. The number of H-pyrrole nitrogens is 1. The summed E-state index contributed by atoms with van der Waals surface area (Å²) in [7, 11) is 0. The first-order valence-corrected chi connectivity index (χ1v) is 10.9. The highest BCUT2D eigenvalue weighted by atomic mass is 35.5. The van der Waals surface area contributed by atoms with E-state index in [0.717, 1.165) is 37.4 Å². The van der Waals surface area contributed by atoms with Crippen molar-refractivity contribution in [3.05, 3.63) is 52.3 Å². The van der Waals surface area contributed by atoms with Gasteiger partial charge in [0.1, 0.15) is 17.2 Å². The zero-order valence-corrected chi connectivity index (χ0v) is 17.4. The third-order valence-corrected chi connectivity index (χ3v) is 6.47. The van der Waals surface area contributed by atoms with Gasteiger partial charge in [-0.1, -0.05) is 17.7 Å². The zero-order valence-electron chi connectivity index (χ0n) is 16.6. The number of imidazole rings is 1. The summed E-state index contributed by atoms with van der Waals surface area (Å²) in [5, 5.41) is 0.371. The van der Waals surface area contributed by atoms with Crippen molar-refractivity contribution in [2.24, 2.45) is 11.7 Å². The molecule has 1 aromatic heterocycles. The van der Waals surface area contributed by atoms with Crippen molar-refractivity contribution >= 4 is 28.5 Å². The van der Waals surface area contributed by atoms with E-state index in [2.05, 4.69) is 14.9 Å². The molecule has 3 aromatic rings. The fourth-order valence-electron chi connectivity index (χ4n) is 4.53. The highest BCUT2D eigenvalue weighted by molar-refractivity contribution is 6.32. The number of carbonyl (C=O) groups is 1. The van der Waals surface area contributed by atoms with Gasteiger partial charge in [0.15, 0.2) is 0 Å². The van der Waals surface area contributed by atoms with Crippen LogP contribution in [0.15, 0.2) is 30.3 Å². The smallest absolute Gasteiger partial charge is 0.251 e. The first kappa shape index (κ1) is 19.5. The molecule has 1 aliphatic heterocycles. The van der Waals surface area contributed by atoms with Gasteiger partial charge in [0.2, 0.25) is 0 Å². The highest BCUT2D eigenvalue weighted by Crippen LogP contribution is 2.35. The maximum atomic E-state index is 15.1. The third-order valence-electron chi connectivity index (χ3n) is 6.26. The number of piperidine rings is 1. The molecule has 3 N–H and O–H groups in total. The summed E-state index contributed by atoms with van der Waals surface area (Å²) >= 11 is 6.07. The number of aromatic amines is 1. The lowest BCUT2D eigenvalue weighted by molar-refractivity contribution is 0.100. The van der Waals surface area contributed by atoms with Crippen molar-refractivity contribution in [2.75, 3.05) is 19.6 Å². The lowest BCUT2D eigenvalue weighted by Gasteiger charge is -2.33. The molecule has 7 heteroatoms. The van der Waals surface area contributed by atoms with Crippen molar-refractivity contribution in [1.82, 2.24) is 14.9 Å². The lowest BCUT2D eigenvalue weighted by atomic mass is 9.89. The number of halogens is 2. The molecule has 2 fully saturated rings. The van der Waals surface area contributed by atoms with Gasteiger partial charge in [-0.15, -0.1) is 0 Å². The fraction of sp³-hybridized carbons (Fsp3) is 0.391. The number of primary amides is 1. The molecule has 5 rings (SSSR count). The van der Waals surface area contributed by atoms with Crippen LogP contribution in [0.5, 0.6) is 0 Å². The molecule has 1 saturated heterocycles. The average molecular weight is 427 g/mol. The number of benzene rings is 2. The van der Waals surface area contributed by atoms with E-state index in [1.54, 1.807) is 18.2 Å². The Morgan fingerprint density at radius 2 is 2.10 bits per heavy atom. The minimum atomic E-state index is -0.621. The molecule has 0 radical (unpaired) electrons. The Morgan fingerprint density at radius 1 is 1.27 bits per heavy atom. The summed E-state index contributed by atoms with van der Waals surface area (Å²) in [6.07, 6.45) is 4.95. The number of carbonyl (C=O) groups excluding carboxylic acids is 1. The number of nitrogens with two attached hydrogens (primary N) is 1. The van der Waals surface area contributed by atoms with E-state index < -0.39 is 5.91 Å². The van der Waals surface area contributed by atoms with Crippen LogP contribution < -0.4 is 5.73 Å². The summed E-state index contributed by atoms with van der Waals surface area (Å²) in [5.74, 6) is 0.645. The Kier molecular flexibility index (Phi) is 4.99. The lowest BCUT2D eigenvalue weighted by Crippen LogP contribution is -2.35. The molecule has 30 heavy (non-hydrogen) atoms. The molecule has 2 heterocycles. The van der Waals surface area contributed by atoms with Gasteiger partial charge in [0.25, 0.3) is 5.91 Å². The van der Waals surface area contributed by atoms with Crippen molar-refractivity contribution in [3.8, 4) is 11.4 Å². The molecule has 5 nitrogen and oxygen atoms in total. The van der Waals surface area contributed by atoms with Gasteiger partial charge in [0, 0.05) is 18.1 Å². The number of hydrogen-bond acceptors (Lipinski definition) is 3. The van der Waals surface area contributed by atoms with Gasteiger partial charge in [-0.05, 0) is 73.9 Å². The predicted octanol–water partition coefficient (Wildman–Crippen LogP) is 4.71. The molecule has 0 bridgehead atoms. The summed E-state index contributed by atoms with van der Waals surface area (Å²) in [6, 6.07) is 8.54. The minimum absolute atomic E-state index is 0.218. The van der Waals surface area contributed by atoms with E-state index in [4.69, 9.17) is 17.3 Å². The second kappa shape index (κ2) is 7.67. The number of likely N-dealkylation sites (tertiary alicyclic amines) is 1. The normalized spacial score (nSPS) is 20.0. The molecule has 1 aliphatic carbocycles. The van der Waals surface area contributed by atoms with E-state index >= 15 is 4.39 Å². The van der Waals surface area contributed by atoms with Crippen molar-refractivity contribution < 1.29 is 9.18 Å². The highest BCUT2D eigenvalue weighted by Gasteiger charge is 2.28. The number of rotatable bonds is 5. The van der Waals surface area contributed by atoms with Crippen LogP contribution >= 0.6 is 11.6 Å². The molecular weight excluding hydrogens is 403 g/mol. The molecule has 0 spiro atoms. The Bertz CT molecular complexity index is 1120. The zero-order chi connectivity index (χ0) is 20.8. The third kappa shape index (κ3) is 3.82. The standard InChI is InChI=1S/C23H24ClFN4O/c24-16-9-18(22(26)30)21-20(10-16)27-23(28-21)17-6-5-14(8-19(17)25)15-2-1-7-29(12-15)11-13-3-4-13/h5-6,8-10,13,15H,1-4,7,11-12H2,(H2,26,30)(H,27,28). The number of fused-ring (bicyclic) bond motifs is 1. The number of aromatic nitrogens is 2. The van der Waals surface area contributed by atoms with Crippen molar-refractivity contribution in [2.45, 2.75) is 31.6 Å². The van der Waals surface area contributed by atoms with Gasteiger partial charge in [0.05, 0.1) is 16.6 Å². The second-order valence-corrected chi connectivity index (χ2v) is 9.02. The Hall–Kier alpha value is -2.44. The van der Waals surface area contributed by atoms with Gasteiger partial charge in [-0.2, -0.15) is 0 Å². The van der Waals surface area contributed by atoms with Crippen LogP contribution in [0.3, 0.4) is 0 Å². The molecule has 1 unspecified atom stereocenters. The second-order valence-electron chi connectivity index (χ2n) is 8.58. The van der Waals surface area contributed by atoms with Crippen LogP contribution in [-0.2, 0) is 0 Å². The topological polar surface area (TPSA) is 75.0 Å². The van der Waals surface area contributed by atoms with Crippen LogP contribution in [0.2, 0.25) is 5.02 Å². The maximum Gasteiger partial charge on any atom is 0.251 e. The van der Waals surface area contributed by atoms with E-state index in [-0.39, 0.29) is 11.4 Å². The molecule has 1 saturated carbocycles. The van der Waals surface area contributed by atoms with E-state index in [9.17, 15) is 4.79 Å². The van der Waals surface area contributed by atoms with Crippen LogP contribution in [0, 0.1) is 11.7 Å². The molecule has 1 amide bonds. The first-order chi connectivity index (χ1) is 14.5. The molecule has 2 aliphatic rings. The average Bonchev–Trinajstić information content (AvgIpc) is 3.43. The SMILES string of the molecule is NC(=O)c1cc(Cl)cc2[nH]c(-c3ccc(C4CCCN(CC5CC5)C4)cc3F)nc12. The molecule has 156 valence electrons. The predicted molar refractivity (Wildman–Crippen MR) is 116 cm³/mol. The maximum absolute atomic E-state index is 15.1. The number of nitrogens with zero attached hydrogens (tertiary/aromatic N) is 2. The molecule has 1 atom stereocenters. The van der Waals surface area contributed by atoms with Crippen LogP contribution in [-0.4, -0.2) is 40.4 Å². The number of hydrogen-bond donors (Lipinski definition) is 2. The van der Waals surface area contributed by atoms with Gasteiger partial charge >= 0.3 is 0 Å². The largest absolute Gasteiger partial charge is 0.366 e. The van der Waals surface area contributed by atoms with E-state index in [1.165, 1.54) is 25.5 Å². The van der Waals surface area contributed by atoms with Crippen molar-refractivity contribution in [1.29, 1.82) is 0 Å². The summed E-state index contributed by atoms with van der Waals surface area (Å²) in [6.45, 7) is 3.33. The summed E-state index contributed by atoms with van der Waals surface area (Å²) in [5.41, 5.74) is 8.02. The number of nitrogens with one attached hydrogen (secondary N) is 1. The monoisotopic (exact) mass is 426 g/mol.